The van der Waals surface area contributed by atoms with E-state index in [0.717, 1.165) is 31.6 Å². The minimum atomic E-state index is -0.374. The Balaban J connectivity index is 1.64. The molecular formula is C13H15N5O2. The molecule has 0 spiro atoms. The first-order chi connectivity index (χ1) is 9.74. The maximum Gasteiger partial charge on any atom is 0.269 e. The molecule has 1 saturated heterocycles. The van der Waals surface area contributed by atoms with Crippen LogP contribution in [0, 0.1) is 10.1 Å². The number of aromatic nitrogens is 3. The summed E-state index contributed by atoms with van der Waals surface area (Å²) >= 11 is 0. The zero-order valence-corrected chi connectivity index (χ0v) is 10.9. The molecule has 0 amide bonds. The molecule has 0 atom stereocenters. The summed E-state index contributed by atoms with van der Waals surface area (Å²) in [5, 5.41) is 18.5. The van der Waals surface area contributed by atoms with Crippen molar-refractivity contribution in [2.24, 2.45) is 0 Å². The summed E-state index contributed by atoms with van der Waals surface area (Å²) in [6.07, 6.45) is 5.59. The molecule has 7 heteroatoms. The van der Waals surface area contributed by atoms with Gasteiger partial charge in [0.1, 0.15) is 0 Å². The first kappa shape index (κ1) is 12.6. The van der Waals surface area contributed by atoms with Crippen molar-refractivity contribution in [1.29, 1.82) is 0 Å². The molecule has 7 nitrogen and oxygen atoms in total. The first-order valence-electron chi connectivity index (χ1n) is 6.59. The van der Waals surface area contributed by atoms with E-state index >= 15 is 0 Å². The number of anilines is 1. The lowest BCUT2D eigenvalue weighted by Crippen LogP contribution is -2.34. The monoisotopic (exact) mass is 273 g/mol. The predicted octanol–water partition coefficient (Wildman–Crippen LogP) is 2.03. The quantitative estimate of drug-likeness (QED) is 0.631. The number of non-ortho nitro benzene ring substituents is 1. The van der Waals surface area contributed by atoms with Crippen LogP contribution in [0.3, 0.4) is 0 Å². The number of hydrogen-bond donors (Lipinski definition) is 0. The fraction of sp³-hybridized carbons (Fsp3) is 0.385. The number of hydrogen-bond acceptors (Lipinski definition) is 5. The number of nitro groups is 1. The average molecular weight is 273 g/mol. The van der Waals surface area contributed by atoms with Gasteiger partial charge in [-0.15, -0.1) is 5.10 Å². The van der Waals surface area contributed by atoms with Gasteiger partial charge in [-0.1, -0.05) is 5.21 Å². The van der Waals surface area contributed by atoms with Gasteiger partial charge in [-0.25, -0.2) is 4.68 Å². The Morgan fingerprint density at radius 3 is 2.45 bits per heavy atom. The van der Waals surface area contributed by atoms with Crippen LogP contribution in [0.15, 0.2) is 36.7 Å². The standard InChI is InChI=1S/C13H15N5O2/c19-18(20)13-3-1-11(2-4-13)16-8-5-12(6-9-16)17-10-7-14-15-17/h1-4,7,10,12H,5-6,8-9H2. The van der Waals surface area contributed by atoms with Gasteiger partial charge in [-0.2, -0.15) is 0 Å². The highest BCUT2D eigenvalue weighted by Crippen LogP contribution is 2.26. The highest BCUT2D eigenvalue weighted by atomic mass is 16.6. The number of benzene rings is 1. The molecule has 20 heavy (non-hydrogen) atoms. The molecular weight excluding hydrogens is 258 g/mol. The predicted molar refractivity (Wildman–Crippen MR) is 73.6 cm³/mol. The molecule has 0 bridgehead atoms. The van der Waals surface area contributed by atoms with Crippen LogP contribution in [0.5, 0.6) is 0 Å². The zero-order valence-electron chi connectivity index (χ0n) is 10.9. The molecule has 0 unspecified atom stereocenters. The van der Waals surface area contributed by atoms with Gasteiger partial charge in [-0.3, -0.25) is 10.1 Å². The topological polar surface area (TPSA) is 77.1 Å². The molecule has 3 rings (SSSR count). The van der Waals surface area contributed by atoms with E-state index in [1.807, 2.05) is 23.0 Å². The van der Waals surface area contributed by atoms with E-state index in [1.54, 1.807) is 18.3 Å². The van der Waals surface area contributed by atoms with E-state index in [1.165, 1.54) is 0 Å². The molecule has 1 aromatic carbocycles. The van der Waals surface area contributed by atoms with Crippen LogP contribution in [0.2, 0.25) is 0 Å². The second kappa shape index (κ2) is 5.28. The third-order valence-corrected chi connectivity index (χ3v) is 3.71. The van der Waals surface area contributed by atoms with Gasteiger partial charge in [0.25, 0.3) is 5.69 Å². The number of nitro benzene ring substituents is 1. The number of piperidine rings is 1. The lowest BCUT2D eigenvalue weighted by atomic mass is 10.0. The summed E-state index contributed by atoms with van der Waals surface area (Å²) in [5.41, 5.74) is 1.17. The molecule has 1 aromatic heterocycles. The van der Waals surface area contributed by atoms with Crippen LogP contribution in [0.4, 0.5) is 11.4 Å². The van der Waals surface area contributed by atoms with Crippen molar-refractivity contribution in [1.82, 2.24) is 15.0 Å². The zero-order chi connectivity index (χ0) is 13.9. The van der Waals surface area contributed by atoms with Crippen molar-refractivity contribution in [3.05, 3.63) is 46.8 Å². The fourth-order valence-corrected chi connectivity index (χ4v) is 2.59. The normalized spacial score (nSPS) is 16.3. The Bertz CT molecular complexity index is 573. The molecule has 1 aliphatic heterocycles. The molecule has 1 fully saturated rings. The Labute approximate surface area is 116 Å². The smallest absolute Gasteiger partial charge is 0.269 e. The second-order valence-corrected chi connectivity index (χ2v) is 4.87. The van der Waals surface area contributed by atoms with E-state index in [0.29, 0.717) is 6.04 Å². The van der Waals surface area contributed by atoms with Crippen molar-refractivity contribution >= 4 is 11.4 Å². The summed E-state index contributed by atoms with van der Waals surface area (Å²) in [4.78, 5) is 12.5. The Morgan fingerprint density at radius 2 is 1.90 bits per heavy atom. The van der Waals surface area contributed by atoms with Crippen LogP contribution in [0.25, 0.3) is 0 Å². The van der Waals surface area contributed by atoms with Gasteiger partial charge in [0, 0.05) is 37.1 Å². The maximum absolute atomic E-state index is 10.6. The SMILES string of the molecule is O=[N+]([O-])c1ccc(N2CCC(n3ccnn3)CC2)cc1. The first-order valence-corrected chi connectivity index (χ1v) is 6.59. The van der Waals surface area contributed by atoms with Crippen LogP contribution in [-0.4, -0.2) is 33.0 Å². The van der Waals surface area contributed by atoms with Crippen molar-refractivity contribution in [2.45, 2.75) is 18.9 Å². The minimum absolute atomic E-state index is 0.131. The van der Waals surface area contributed by atoms with Gasteiger partial charge in [0.05, 0.1) is 17.2 Å². The summed E-state index contributed by atoms with van der Waals surface area (Å²) in [7, 11) is 0. The Morgan fingerprint density at radius 1 is 1.20 bits per heavy atom. The average Bonchev–Trinajstić information content (AvgIpc) is 3.02. The lowest BCUT2D eigenvalue weighted by molar-refractivity contribution is -0.384. The lowest BCUT2D eigenvalue weighted by Gasteiger charge is -2.33. The van der Waals surface area contributed by atoms with Crippen molar-refractivity contribution in [3.63, 3.8) is 0 Å². The van der Waals surface area contributed by atoms with Crippen LogP contribution >= 0.6 is 0 Å². The summed E-state index contributed by atoms with van der Waals surface area (Å²) in [6.45, 7) is 1.84. The van der Waals surface area contributed by atoms with Crippen LogP contribution in [-0.2, 0) is 0 Å². The van der Waals surface area contributed by atoms with Crippen molar-refractivity contribution < 1.29 is 4.92 Å². The molecule has 0 saturated carbocycles. The van der Waals surface area contributed by atoms with Gasteiger partial charge >= 0.3 is 0 Å². The molecule has 0 aliphatic carbocycles. The molecule has 2 aromatic rings. The highest BCUT2D eigenvalue weighted by molar-refractivity contribution is 5.51. The van der Waals surface area contributed by atoms with Gasteiger partial charge < -0.3 is 4.90 Å². The molecule has 1 aliphatic rings. The van der Waals surface area contributed by atoms with Crippen molar-refractivity contribution in [2.75, 3.05) is 18.0 Å². The van der Waals surface area contributed by atoms with Gasteiger partial charge in [0.2, 0.25) is 0 Å². The van der Waals surface area contributed by atoms with E-state index in [2.05, 4.69) is 15.2 Å². The number of rotatable bonds is 3. The fourth-order valence-electron chi connectivity index (χ4n) is 2.59. The van der Waals surface area contributed by atoms with Crippen LogP contribution in [0.1, 0.15) is 18.9 Å². The Hall–Kier alpha value is -2.44. The largest absolute Gasteiger partial charge is 0.371 e. The van der Waals surface area contributed by atoms with Crippen molar-refractivity contribution in [3.8, 4) is 0 Å². The van der Waals surface area contributed by atoms with Crippen LogP contribution < -0.4 is 4.90 Å². The summed E-state index contributed by atoms with van der Waals surface area (Å²) in [5.74, 6) is 0. The van der Waals surface area contributed by atoms with Gasteiger partial charge in [0.15, 0.2) is 0 Å². The highest BCUT2D eigenvalue weighted by Gasteiger charge is 2.21. The Kier molecular flexibility index (Phi) is 3.32. The van der Waals surface area contributed by atoms with E-state index in [-0.39, 0.29) is 10.6 Å². The van der Waals surface area contributed by atoms with E-state index in [9.17, 15) is 10.1 Å². The van der Waals surface area contributed by atoms with E-state index in [4.69, 9.17) is 0 Å². The molecule has 2 heterocycles. The van der Waals surface area contributed by atoms with Gasteiger partial charge in [-0.05, 0) is 25.0 Å². The second-order valence-electron chi connectivity index (χ2n) is 4.87. The summed E-state index contributed by atoms with van der Waals surface area (Å²) in [6, 6.07) is 7.13. The molecule has 0 radical (unpaired) electrons. The summed E-state index contributed by atoms with van der Waals surface area (Å²) < 4.78 is 1.91. The molecule has 104 valence electrons. The third kappa shape index (κ3) is 2.47. The van der Waals surface area contributed by atoms with E-state index < -0.39 is 0 Å². The third-order valence-electron chi connectivity index (χ3n) is 3.71. The number of nitrogens with zero attached hydrogens (tertiary/aromatic N) is 5. The maximum atomic E-state index is 10.6. The minimum Gasteiger partial charge on any atom is -0.371 e. The molecule has 0 N–H and O–H groups in total.